The molecule has 0 radical (unpaired) electrons. The molecule has 0 atom stereocenters. The Morgan fingerprint density at radius 3 is 0.976 bits per heavy atom. The predicted octanol–water partition coefficient (Wildman–Crippen LogP) is 27.3. The zero-order valence-corrected chi connectivity index (χ0v) is 64.7. The summed E-state index contributed by atoms with van der Waals surface area (Å²) in [5.41, 5.74) is 21.1. The SMILES string of the molecule is c1ccc2c(c1)oc1c2c2c3ccccc3oc2c2c1c1cnccc1c1nccn12.c1ccc2c(c1)oc1c2c2oc3ccccc3c2c2c3cnccc3c3nccn3c12.c1ccc2c(c1)oc1c2ccc2oc3c(ccc4c5cnccc5c5nccn5c43)c21.c1ccc2c(c1)oc1ccc3oc4c(ccc5c6cnccc6c6nccn6c54)c3c12. The Bertz CT molecular complexity index is 10400. The van der Waals surface area contributed by atoms with Crippen LogP contribution in [0.3, 0.4) is 0 Å². The summed E-state index contributed by atoms with van der Waals surface area (Å²) in [7, 11) is 0. The van der Waals surface area contributed by atoms with E-state index in [1.807, 2.05) is 232 Å². The minimum atomic E-state index is 0.802. The average Bonchev–Trinajstić information content (AvgIpc) is 1.52. The molecule has 0 aliphatic carbocycles. The van der Waals surface area contributed by atoms with Gasteiger partial charge in [-0.25, -0.2) is 19.9 Å². The Kier molecular flexibility index (Phi) is 12.7. The van der Waals surface area contributed by atoms with Crippen LogP contribution in [0.1, 0.15) is 0 Å². The van der Waals surface area contributed by atoms with Crippen molar-refractivity contribution >= 4 is 285 Å². The van der Waals surface area contributed by atoms with Crippen LogP contribution < -0.4 is 0 Å². The van der Waals surface area contributed by atoms with Gasteiger partial charge in [-0.05, 0) is 97.1 Å². The second kappa shape index (κ2) is 24.1. The lowest BCUT2D eigenvalue weighted by atomic mass is 9.99. The van der Waals surface area contributed by atoms with Gasteiger partial charge in [0, 0.05) is 234 Å². The van der Waals surface area contributed by atoms with Crippen molar-refractivity contribution < 1.29 is 35.3 Å². The molecule has 0 saturated carbocycles. The monoisotopic (exact) mass is 1600 g/mol. The number of fused-ring (bicyclic) bond motifs is 58. The maximum atomic E-state index is 6.52. The molecule has 20 nitrogen and oxygen atoms in total. The van der Waals surface area contributed by atoms with Crippen molar-refractivity contribution in [3.8, 4) is 0 Å². The van der Waals surface area contributed by atoms with Crippen molar-refractivity contribution in [3.05, 3.63) is 318 Å². The minimum Gasteiger partial charge on any atom is -0.456 e. The molecule has 32 aromatic rings. The minimum absolute atomic E-state index is 0.802. The van der Waals surface area contributed by atoms with Crippen molar-refractivity contribution in [2.45, 2.75) is 0 Å². The van der Waals surface area contributed by atoms with Crippen LogP contribution in [0.15, 0.2) is 353 Å². The fourth-order valence-corrected chi connectivity index (χ4v) is 20.3. The van der Waals surface area contributed by atoms with Crippen molar-refractivity contribution in [3.63, 3.8) is 0 Å². The van der Waals surface area contributed by atoms with Crippen LogP contribution in [0, 0.1) is 0 Å². The van der Waals surface area contributed by atoms with E-state index in [0.717, 1.165) is 285 Å². The number of imidazole rings is 4. The van der Waals surface area contributed by atoms with Crippen LogP contribution in [-0.4, -0.2) is 57.5 Å². The maximum absolute atomic E-state index is 6.52. The molecule has 0 spiro atoms. The second-order valence-electron chi connectivity index (χ2n) is 31.5. The fraction of sp³-hybridized carbons (Fsp3) is 0. The Morgan fingerprint density at radius 2 is 0.468 bits per heavy atom. The van der Waals surface area contributed by atoms with Gasteiger partial charge < -0.3 is 35.3 Å². The van der Waals surface area contributed by atoms with Crippen molar-refractivity contribution in [1.82, 2.24) is 57.5 Å². The highest BCUT2D eigenvalue weighted by Gasteiger charge is 2.30. The highest BCUT2D eigenvalue weighted by atomic mass is 16.4. The Morgan fingerprint density at radius 1 is 0.161 bits per heavy atom. The van der Waals surface area contributed by atoms with Crippen molar-refractivity contribution in [2.24, 2.45) is 0 Å². The topological polar surface area (TPSA) is 226 Å². The molecule has 0 fully saturated rings. The van der Waals surface area contributed by atoms with Gasteiger partial charge >= 0.3 is 0 Å². The molecule has 0 unspecified atom stereocenters. The lowest BCUT2D eigenvalue weighted by molar-refractivity contribution is 0.663. The van der Waals surface area contributed by atoms with E-state index < -0.39 is 0 Å². The summed E-state index contributed by atoms with van der Waals surface area (Å²) in [6.07, 6.45) is 30.1. The van der Waals surface area contributed by atoms with Gasteiger partial charge in [-0.3, -0.25) is 37.5 Å². The third-order valence-corrected chi connectivity index (χ3v) is 25.4. The third kappa shape index (κ3) is 8.61. The number of para-hydroxylation sites is 6. The summed E-state index contributed by atoms with van der Waals surface area (Å²) in [5, 5.41) is 29.7. The van der Waals surface area contributed by atoms with Crippen molar-refractivity contribution in [2.75, 3.05) is 0 Å². The Labute approximate surface area is 691 Å². The van der Waals surface area contributed by atoms with Gasteiger partial charge in [0.15, 0.2) is 22.3 Å². The van der Waals surface area contributed by atoms with Gasteiger partial charge in [-0.1, -0.05) is 121 Å². The number of aromatic nitrogens is 12. The van der Waals surface area contributed by atoms with Crippen LogP contribution in [-0.2, 0) is 0 Å². The lowest BCUT2D eigenvalue weighted by Crippen LogP contribution is -1.92. The Hall–Kier alpha value is -17.5. The average molecular weight is 1600 g/mol. The molecular formula is C104H52N12O8. The summed E-state index contributed by atoms with van der Waals surface area (Å²) in [6.45, 7) is 0. The quantitative estimate of drug-likeness (QED) is 0.129. The van der Waals surface area contributed by atoms with Crippen LogP contribution in [0.5, 0.6) is 0 Å². The molecule has 32 rings (SSSR count). The second-order valence-corrected chi connectivity index (χ2v) is 31.5. The summed E-state index contributed by atoms with van der Waals surface area (Å²) >= 11 is 0. The number of rotatable bonds is 0. The van der Waals surface area contributed by atoms with Crippen molar-refractivity contribution in [1.29, 1.82) is 0 Å². The molecule has 0 saturated heterocycles. The fourth-order valence-electron chi connectivity index (χ4n) is 20.3. The van der Waals surface area contributed by atoms with Gasteiger partial charge in [-0.15, -0.1) is 0 Å². The highest BCUT2D eigenvalue weighted by Crippen LogP contribution is 2.52. The van der Waals surface area contributed by atoms with Crippen LogP contribution in [0.25, 0.3) is 285 Å². The normalized spacial score (nSPS) is 12.5. The van der Waals surface area contributed by atoms with E-state index in [1.54, 1.807) is 12.4 Å². The van der Waals surface area contributed by atoms with Crippen LogP contribution >= 0.6 is 0 Å². The first-order valence-electron chi connectivity index (χ1n) is 40.7. The molecule has 20 aromatic heterocycles. The maximum Gasteiger partial charge on any atom is 0.163 e. The standard InChI is InChI=1S/4C26H13N3O2/c1-3-7-18-15(5-1)21-20-17-13-27-10-9-14(17)26-28-11-12-29(26)23(20)25-22(24(21)30-18)16-6-2-4-8-19(16)31-25;1-3-7-18-15(5-1)20-21-16-6-2-4-8-19(16)31-25(21)23-22(24(20)30-18)17-13-27-10-9-14(17)26-28-11-12-29(23)26;1-2-4-19-16(3-1)22-20(30-19)7-8-21-23(22)17-6-5-14-18-13-27-10-9-15(18)26-28-11-12-29(26)24(14)25(17)31-21;1-2-4-20-14(3-1)16-7-8-21-22(24(16)30-20)18-6-5-15-19-13-27-10-9-17(19)26-28-11-12-29(26)23(15)25(18)31-21/h4*1-13H. The van der Waals surface area contributed by atoms with E-state index in [0.29, 0.717) is 0 Å². The van der Waals surface area contributed by atoms with E-state index in [9.17, 15) is 0 Å². The Balaban J connectivity index is 0.0000000828. The number of nitrogens with zero attached hydrogens (tertiary/aromatic N) is 12. The molecule has 0 aliphatic heterocycles. The van der Waals surface area contributed by atoms with E-state index in [1.165, 1.54) is 0 Å². The zero-order valence-electron chi connectivity index (χ0n) is 64.7. The van der Waals surface area contributed by atoms with Crippen LogP contribution in [0.4, 0.5) is 0 Å². The predicted molar refractivity (Wildman–Crippen MR) is 490 cm³/mol. The van der Waals surface area contributed by atoms with Gasteiger partial charge in [0.1, 0.15) is 95.1 Å². The van der Waals surface area contributed by atoms with E-state index in [2.05, 4.69) is 130 Å². The molecule has 20 heterocycles. The molecule has 0 N–H and O–H groups in total. The first-order chi connectivity index (χ1) is 61.6. The van der Waals surface area contributed by atoms with E-state index in [4.69, 9.17) is 35.3 Å². The number of benzene rings is 12. The summed E-state index contributed by atoms with van der Waals surface area (Å²) in [5.74, 6) is 0. The largest absolute Gasteiger partial charge is 0.456 e. The molecule has 124 heavy (non-hydrogen) atoms. The zero-order chi connectivity index (χ0) is 80.4. The van der Waals surface area contributed by atoms with Crippen LogP contribution in [0.2, 0.25) is 0 Å². The number of pyridine rings is 8. The molecular weight excluding hydrogens is 1550 g/mol. The molecule has 576 valence electrons. The molecule has 20 heteroatoms. The van der Waals surface area contributed by atoms with Gasteiger partial charge in [0.05, 0.1) is 32.7 Å². The number of furan rings is 8. The molecule has 0 aliphatic rings. The van der Waals surface area contributed by atoms with E-state index >= 15 is 0 Å². The van der Waals surface area contributed by atoms with E-state index in [-0.39, 0.29) is 0 Å². The van der Waals surface area contributed by atoms with Gasteiger partial charge in [-0.2, -0.15) is 0 Å². The summed E-state index contributed by atoms with van der Waals surface area (Å²) < 4.78 is 59.8. The summed E-state index contributed by atoms with van der Waals surface area (Å²) in [4.78, 5) is 36.1. The molecule has 0 amide bonds. The smallest absolute Gasteiger partial charge is 0.163 e. The highest BCUT2D eigenvalue weighted by molar-refractivity contribution is 6.40. The van der Waals surface area contributed by atoms with Gasteiger partial charge in [0.25, 0.3) is 0 Å². The number of hydrogen-bond donors (Lipinski definition) is 0. The lowest BCUT2D eigenvalue weighted by Gasteiger charge is -2.10. The first kappa shape index (κ1) is 65.5. The molecule has 12 aromatic carbocycles. The molecule has 0 bridgehead atoms. The van der Waals surface area contributed by atoms with Gasteiger partial charge in [0.2, 0.25) is 0 Å². The number of hydrogen-bond acceptors (Lipinski definition) is 16. The third-order valence-electron chi connectivity index (χ3n) is 25.4. The summed E-state index contributed by atoms with van der Waals surface area (Å²) in [6, 6.07) is 73.8. The first-order valence-corrected chi connectivity index (χ1v) is 40.7.